The van der Waals surface area contributed by atoms with Crippen molar-refractivity contribution in [3.8, 4) is 11.3 Å². The molecule has 0 fully saturated rings. The van der Waals surface area contributed by atoms with Crippen molar-refractivity contribution < 1.29 is 18.8 Å². The number of hydrogen-bond acceptors (Lipinski definition) is 6. The van der Waals surface area contributed by atoms with Crippen LogP contribution in [-0.2, 0) is 9.53 Å². The lowest BCUT2D eigenvalue weighted by molar-refractivity contribution is -0.153. The number of ether oxygens (including phenoxy) is 1. The number of nitrogens with zero attached hydrogens (tertiary/aromatic N) is 2. The van der Waals surface area contributed by atoms with Crippen molar-refractivity contribution in [3.63, 3.8) is 0 Å². The van der Waals surface area contributed by atoms with Crippen LogP contribution < -0.4 is 5.32 Å². The zero-order valence-electron chi connectivity index (χ0n) is 15.7. The van der Waals surface area contributed by atoms with E-state index in [-0.39, 0.29) is 12.3 Å². The number of nitrogens with one attached hydrogen (secondary N) is 1. The fourth-order valence-corrected chi connectivity index (χ4v) is 2.66. The minimum absolute atomic E-state index is 0.231. The van der Waals surface area contributed by atoms with Gasteiger partial charge in [0.2, 0.25) is 0 Å². The second-order valence-electron chi connectivity index (χ2n) is 7.14. The standard InChI is InChI=1S/C20H21N3O4/c1-12-17-14(18(25)21-11-16(24)26-20(2,3)4)10-15(22-19(17)27-23-12)13-8-6-5-7-9-13/h5-10H,11H2,1-4H3,(H,21,25). The van der Waals surface area contributed by atoms with Gasteiger partial charge in [-0.3, -0.25) is 9.59 Å². The van der Waals surface area contributed by atoms with Gasteiger partial charge in [0, 0.05) is 5.56 Å². The third kappa shape index (κ3) is 4.31. The molecular formula is C20H21N3O4. The molecule has 7 nitrogen and oxygen atoms in total. The molecule has 1 amide bonds. The number of fused-ring (bicyclic) bond motifs is 1. The van der Waals surface area contributed by atoms with E-state index in [0.29, 0.717) is 22.3 Å². The van der Waals surface area contributed by atoms with Crippen LogP contribution in [0.5, 0.6) is 0 Å². The number of hydrogen-bond donors (Lipinski definition) is 1. The average Bonchev–Trinajstić information content (AvgIpc) is 2.99. The van der Waals surface area contributed by atoms with Gasteiger partial charge in [0.05, 0.1) is 22.3 Å². The van der Waals surface area contributed by atoms with Gasteiger partial charge in [-0.1, -0.05) is 35.5 Å². The minimum Gasteiger partial charge on any atom is -0.459 e. The molecule has 2 heterocycles. The molecule has 3 rings (SSSR count). The number of aryl methyl sites for hydroxylation is 1. The predicted octanol–water partition coefficient (Wildman–Crippen LogP) is 3.27. The molecule has 0 saturated heterocycles. The van der Waals surface area contributed by atoms with Crippen LogP contribution in [0, 0.1) is 6.92 Å². The fourth-order valence-electron chi connectivity index (χ4n) is 2.66. The van der Waals surface area contributed by atoms with Crippen molar-refractivity contribution in [2.24, 2.45) is 0 Å². The van der Waals surface area contributed by atoms with Crippen LogP contribution in [0.4, 0.5) is 0 Å². The molecule has 0 bridgehead atoms. The Balaban J connectivity index is 1.91. The van der Waals surface area contributed by atoms with E-state index in [4.69, 9.17) is 9.26 Å². The smallest absolute Gasteiger partial charge is 0.325 e. The molecule has 1 N–H and O–H groups in total. The third-order valence-corrected chi connectivity index (χ3v) is 3.74. The number of esters is 1. The number of amides is 1. The molecule has 0 unspecified atom stereocenters. The Morgan fingerprint density at radius 2 is 1.89 bits per heavy atom. The summed E-state index contributed by atoms with van der Waals surface area (Å²) >= 11 is 0. The van der Waals surface area contributed by atoms with Gasteiger partial charge >= 0.3 is 5.97 Å². The Hall–Kier alpha value is -3.22. The van der Waals surface area contributed by atoms with Crippen LogP contribution in [0.25, 0.3) is 22.4 Å². The molecule has 0 saturated carbocycles. The maximum Gasteiger partial charge on any atom is 0.325 e. The molecular weight excluding hydrogens is 346 g/mol. The first-order chi connectivity index (χ1) is 12.7. The van der Waals surface area contributed by atoms with Gasteiger partial charge in [-0.15, -0.1) is 0 Å². The topological polar surface area (TPSA) is 94.3 Å². The summed E-state index contributed by atoms with van der Waals surface area (Å²) in [6.07, 6.45) is 0. The Kier molecular flexibility index (Phi) is 4.94. The average molecular weight is 367 g/mol. The van der Waals surface area contributed by atoms with Crippen molar-refractivity contribution in [3.05, 3.63) is 47.7 Å². The maximum atomic E-state index is 12.7. The van der Waals surface area contributed by atoms with Gasteiger partial charge in [-0.2, -0.15) is 0 Å². The van der Waals surface area contributed by atoms with E-state index >= 15 is 0 Å². The first-order valence-corrected chi connectivity index (χ1v) is 8.57. The SMILES string of the molecule is Cc1noc2nc(-c3ccccc3)cc(C(=O)NCC(=O)OC(C)(C)C)c12. The molecule has 0 spiro atoms. The first kappa shape index (κ1) is 18.6. The summed E-state index contributed by atoms with van der Waals surface area (Å²) in [4.78, 5) is 29.1. The van der Waals surface area contributed by atoms with E-state index < -0.39 is 17.5 Å². The van der Waals surface area contributed by atoms with E-state index in [1.54, 1.807) is 33.8 Å². The molecule has 1 aromatic carbocycles. The van der Waals surface area contributed by atoms with Gasteiger partial charge in [0.1, 0.15) is 12.1 Å². The quantitative estimate of drug-likeness (QED) is 0.711. The highest BCUT2D eigenvalue weighted by atomic mass is 16.6. The summed E-state index contributed by atoms with van der Waals surface area (Å²) in [6, 6.07) is 11.1. The van der Waals surface area contributed by atoms with Crippen molar-refractivity contribution >= 4 is 23.0 Å². The second kappa shape index (κ2) is 7.19. The van der Waals surface area contributed by atoms with E-state index in [1.165, 1.54) is 0 Å². The molecule has 0 aliphatic heterocycles. The van der Waals surface area contributed by atoms with Crippen LogP contribution in [0.2, 0.25) is 0 Å². The highest BCUT2D eigenvalue weighted by Gasteiger charge is 2.21. The number of aromatic nitrogens is 2. The van der Waals surface area contributed by atoms with E-state index in [9.17, 15) is 9.59 Å². The van der Waals surface area contributed by atoms with Crippen LogP contribution in [-0.4, -0.2) is 34.2 Å². The molecule has 2 aromatic heterocycles. The lowest BCUT2D eigenvalue weighted by Crippen LogP contribution is -2.34. The molecule has 0 radical (unpaired) electrons. The molecule has 0 atom stereocenters. The van der Waals surface area contributed by atoms with Crippen LogP contribution >= 0.6 is 0 Å². The van der Waals surface area contributed by atoms with Gasteiger partial charge in [-0.25, -0.2) is 4.98 Å². The van der Waals surface area contributed by atoms with E-state index in [2.05, 4.69) is 15.5 Å². The van der Waals surface area contributed by atoms with Gasteiger partial charge < -0.3 is 14.6 Å². The summed E-state index contributed by atoms with van der Waals surface area (Å²) in [5, 5.41) is 7.03. The molecule has 27 heavy (non-hydrogen) atoms. The fraction of sp³-hybridized carbons (Fsp3) is 0.300. The Morgan fingerprint density at radius 1 is 1.19 bits per heavy atom. The number of carbonyl (C=O) groups is 2. The summed E-state index contributed by atoms with van der Waals surface area (Å²) in [7, 11) is 0. The molecule has 7 heteroatoms. The molecule has 3 aromatic rings. The summed E-state index contributed by atoms with van der Waals surface area (Å²) in [5.74, 6) is -0.928. The monoisotopic (exact) mass is 367 g/mol. The Bertz CT molecular complexity index is 988. The maximum absolute atomic E-state index is 12.7. The van der Waals surface area contributed by atoms with E-state index in [1.807, 2.05) is 30.3 Å². The van der Waals surface area contributed by atoms with Crippen molar-refractivity contribution in [2.45, 2.75) is 33.3 Å². The number of benzene rings is 1. The number of pyridine rings is 1. The summed E-state index contributed by atoms with van der Waals surface area (Å²) < 4.78 is 10.5. The number of rotatable bonds is 4. The lowest BCUT2D eigenvalue weighted by Gasteiger charge is -2.19. The highest BCUT2D eigenvalue weighted by molar-refractivity contribution is 6.07. The first-order valence-electron chi connectivity index (χ1n) is 8.57. The molecule has 140 valence electrons. The van der Waals surface area contributed by atoms with Crippen LogP contribution in [0.15, 0.2) is 40.9 Å². The predicted molar refractivity (Wildman–Crippen MR) is 100 cm³/mol. The van der Waals surface area contributed by atoms with E-state index in [0.717, 1.165) is 5.56 Å². The summed E-state index contributed by atoms with van der Waals surface area (Å²) in [6.45, 7) is 6.81. The van der Waals surface area contributed by atoms with Crippen molar-refractivity contribution in [1.82, 2.24) is 15.5 Å². The van der Waals surface area contributed by atoms with Gasteiger partial charge in [0.15, 0.2) is 0 Å². The molecule has 0 aliphatic carbocycles. The zero-order valence-corrected chi connectivity index (χ0v) is 15.7. The Morgan fingerprint density at radius 3 is 2.56 bits per heavy atom. The minimum atomic E-state index is -0.614. The van der Waals surface area contributed by atoms with Gasteiger partial charge in [-0.05, 0) is 33.8 Å². The normalized spacial score (nSPS) is 11.4. The largest absolute Gasteiger partial charge is 0.459 e. The zero-order chi connectivity index (χ0) is 19.6. The van der Waals surface area contributed by atoms with Crippen LogP contribution in [0.3, 0.4) is 0 Å². The number of carbonyl (C=O) groups excluding carboxylic acids is 2. The summed E-state index contributed by atoms with van der Waals surface area (Å²) in [5.41, 5.74) is 1.99. The highest BCUT2D eigenvalue weighted by Crippen LogP contribution is 2.26. The molecule has 0 aliphatic rings. The third-order valence-electron chi connectivity index (χ3n) is 3.74. The van der Waals surface area contributed by atoms with Crippen LogP contribution in [0.1, 0.15) is 36.8 Å². The van der Waals surface area contributed by atoms with Gasteiger partial charge in [0.25, 0.3) is 11.6 Å². The van der Waals surface area contributed by atoms with Crippen molar-refractivity contribution in [1.29, 1.82) is 0 Å². The lowest BCUT2D eigenvalue weighted by atomic mass is 10.1. The second-order valence-corrected chi connectivity index (χ2v) is 7.14. The van der Waals surface area contributed by atoms with Crippen molar-refractivity contribution in [2.75, 3.05) is 6.54 Å². The Labute approximate surface area is 156 Å².